The van der Waals surface area contributed by atoms with Crippen LogP contribution in [-0.4, -0.2) is 35.3 Å². The third kappa shape index (κ3) is 3.43. The average molecular weight is 520 g/mol. The number of aromatic nitrogens is 1. The highest BCUT2D eigenvalue weighted by Gasteiger charge is 2.77. The molecule has 7 nitrogen and oxygen atoms in total. The number of hydrogen-bond donors (Lipinski definition) is 1. The number of fused-ring (bicyclic) bond motifs is 4. The quantitative estimate of drug-likeness (QED) is 0.514. The van der Waals surface area contributed by atoms with E-state index in [9.17, 15) is 27.9 Å². The van der Waals surface area contributed by atoms with E-state index in [1.807, 2.05) is 0 Å². The number of esters is 1. The first kappa shape index (κ1) is 24.1. The molecule has 5 rings (SSSR count). The van der Waals surface area contributed by atoms with E-state index in [-0.39, 0.29) is 22.0 Å². The number of Topliss-reactive ketones (excluding diaryl/α,β-unsaturated/α-hetero) is 1. The number of rotatable bonds is 4. The number of hydrogen-bond acceptors (Lipinski definition) is 7. The Hall–Kier alpha value is -3.63. The van der Waals surface area contributed by atoms with Crippen LogP contribution in [0.5, 0.6) is 11.5 Å². The highest BCUT2D eigenvalue weighted by molar-refractivity contribution is 6.30. The van der Waals surface area contributed by atoms with Crippen molar-refractivity contribution in [2.45, 2.75) is 23.5 Å². The highest BCUT2D eigenvalue weighted by Crippen LogP contribution is 2.64. The van der Waals surface area contributed by atoms with Crippen LogP contribution in [0.15, 0.2) is 66.9 Å². The molecule has 0 radical (unpaired) electrons. The van der Waals surface area contributed by atoms with Gasteiger partial charge in [0.25, 0.3) is 0 Å². The summed E-state index contributed by atoms with van der Waals surface area (Å²) in [6, 6.07) is 14.2. The molecule has 1 N–H and O–H groups in total. The van der Waals surface area contributed by atoms with Crippen LogP contribution in [0.1, 0.15) is 22.7 Å². The number of aliphatic hydroxyl groups is 1. The van der Waals surface area contributed by atoms with Gasteiger partial charge in [-0.2, -0.15) is 0 Å². The van der Waals surface area contributed by atoms with Gasteiger partial charge >= 0.3 is 12.3 Å². The lowest BCUT2D eigenvalue weighted by Gasteiger charge is -2.38. The molecule has 2 aliphatic rings. The first-order valence-electron chi connectivity index (χ1n) is 10.6. The van der Waals surface area contributed by atoms with E-state index < -0.39 is 46.9 Å². The fourth-order valence-electron chi connectivity index (χ4n) is 5.16. The number of carbonyl (C=O) groups excluding carboxylic acids is 2. The van der Waals surface area contributed by atoms with Crippen LogP contribution in [0.25, 0.3) is 0 Å². The first-order chi connectivity index (χ1) is 17.0. The normalized spacial score (nSPS) is 26.7. The standard InChI is InChI=1S/C25H17ClF3NO6/c1-34-21(31)19-18(13-5-3-2-4-6-13)24(14-7-9-16(10-8-14)35-25(27,28)29)22(32)23(19,33)20-17(36-24)11-15(26)12-30-20/h2-12,18-19,33H,1H3/t18-,19-,23-,24+/m1/s1. The number of methoxy groups -OCH3 is 1. The summed E-state index contributed by atoms with van der Waals surface area (Å²) >= 11 is 6.10. The van der Waals surface area contributed by atoms with Crippen molar-refractivity contribution in [1.82, 2.24) is 4.98 Å². The minimum absolute atomic E-state index is 0.0486. The van der Waals surface area contributed by atoms with Crippen molar-refractivity contribution in [2.75, 3.05) is 7.11 Å². The van der Waals surface area contributed by atoms with Gasteiger partial charge in [0.05, 0.1) is 18.1 Å². The monoisotopic (exact) mass is 519 g/mol. The van der Waals surface area contributed by atoms with Crippen LogP contribution in [0, 0.1) is 5.92 Å². The fraction of sp³-hybridized carbons (Fsp3) is 0.240. The van der Waals surface area contributed by atoms with E-state index in [4.69, 9.17) is 21.1 Å². The summed E-state index contributed by atoms with van der Waals surface area (Å²) < 4.78 is 53.4. The molecule has 4 atom stereocenters. The number of nitrogens with zero attached hydrogens (tertiary/aromatic N) is 1. The smallest absolute Gasteiger partial charge is 0.472 e. The number of ether oxygens (including phenoxy) is 3. The van der Waals surface area contributed by atoms with E-state index in [2.05, 4.69) is 9.72 Å². The average Bonchev–Trinajstić information content (AvgIpc) is 2.97. The van der Waals surface area contributed by atoms with Crippen LogP contribution in [0.4, 0.5) is 13.2 Å². The molecular formula is C25H17ClF3NO6. The Labute approximate surface area is 207 Å². The predicted molar refractivity (Wildman–Crippen MR) is 118 cm³/mol. The largest absolute Gasteiger partial charge is 0.573 e. The minimum atomic E-state index is -4.92. The van der Waals surface area contributed by atoms with Crippen molar-refractivity contribution in [2.24, 2.45) is 5.92 Å². The van der Waals surface area contributed by atoms with Gasteiger partial charge < -0.3 is 19.3 Å². The van der Waals surface area contributed by atoms with E-state index in [0.29, 0.717) is 5.56 Å². The van der Waals surface area contributed by atoms with E-state index in [1.165, 1.54) is 24.4 Å². The third-order valence-electron chi connectivity index (χ3n) is 6.49. The van der Waals surface area contributed by atoms with E-state index >= 15 is 0 Å². The third-order valence-corrected chi connectivity index (χ3v) is 6.69. The van der Waals surface area contributed by atoms with Gasteiger partial charge in [-0.15, -0.1) is 13.2 Å². The number of benzene rings is 2. The summed E-state index contributed by atoms with van der Waals surface area (Å²) in [6.45, 7) is 0. The van der Waals surface area contributed by atoms with Crippen LogP contribution in [-0.2, 0) is 25.5 Å². The lowest BCUT2D eigenvalue weighted by Crippen LogP contribution is -2.51. The molecule has 0 unspecified atom stereocenters. The predicted octanol–water partition coefficient (Wildman–Crippen LogP) is 4.26. The molecule has 1 aliphatic heterocycles. The van der Waals surface area contributed by atoms with Gasteiger partial charge in [-0.3, -0.25) is 14.6 Å². The number of pyridine rings is 1. The van der Waals surface area contributed by atoms with Crippen molar-refractivity contribution < 1.29 is 42.1 Å². The molecule has 2 bridgehead atoms. The highest BCUT2D eigenvalue weighted by atomic mass is 35.5. The lowest BCUT2D eigenvalue weighted by molar-refractivity contribution is -0.274. The van der Waals surface area contributed by atoms with Crippen molar-refractivity contribution >= 4 is 23.4 Å². The Morgan fingerprint density at radius 2 is 1.81 bits per heavy atom. The van der Waals surface area contributed by atoms with Crippen molar-refractivity contribution in [3.05, 3.63) is 88.7 Å². The molecule has 36 heavy (non-hydrogen) atoms. The molecule has 1 aliphatic carbocycles. The topological polar surface area (TPSA) is 95.0 Å². The lowest BCUT2D eigenvalue weighted by atomic mass is 9.75. The molecule has 2 heterocycles. The van der Waals surface area contributed by atoms with Gasteiger partial charge in [-0.05, 0) is 17.7 Å². The van der Waals surface area contributed by atoms with E-state index in [0.717, 1.165) is 19.2 Å². The zero-order valence-electron chi connectivity index (χ0n) is 18.5. The molecule has 1 aromatic heterocycles. The second kappa shape index (κ2) is 8.21. The Kier molecular flexibility index (Phi) is 5.49. The van der Waals surface area contributed by atoms with Crippen molar-refractivity contribution in [1.29, 1.82) is 0 Å². The molecule has 11 heteroatoms. The maximum atomic E-state index is 14.1. The zero-order chi connectivity index (χ0) is 25.9. The molecule has 0 saturated heterocycles. The summed E-state index contributed by atoms with van der Waals surface area (Å²) in [5.74, 6) is -5.03. The second-order valence-corrected chi connectivity index (χ2v) is 8.83. The van der Waals surface area contributed by atoms with Gasteiger partial charge in [0, 0.05) is 17.8 Å². The molecule has 1 fully saturated rings. The van der Waals surface area contributed by atoms with Crippen LogP contribution >= 0.6 is 11.6 Å². The van der Waals surface area contributed by atoms with Crippen molar-refractivity contribution in [3.8, 4) is 11.5 Å². The molecule has 3 aromatic rings. The van der Waals surface area contributed by atoms with Gasteiger partial charge in [-0.25, -0.2) is 0 Å². The maximum absolute atomic E-state index is 14.1. The van der Waals surface area contributed by atoms with Gasteiger partial charge in [-0.1, -0.05) is 54.1 Å². The number of halogens is 4. The van der Waals surface area contributed by atoms with Gasteiger partial charge in [0.1, 0.15) is 23.1 Å². The SMILES string of the molecule is COC(=O)[C@H]1[C@@H](c2ccccc2)[C@]2(c3ccc(OC(F)(F)F)cc3)Oc3cc(Cl)cnc3[C@@]1(O)C2=O. The minimum Gasteiger partial charge on any atom is -0.472 e. The van der Waals surface area contributed by atoms with Crippen LogP contribution < -0.4 is 9.47 Å². The first-order valence-corrected chi connectivity index (χ1v) is 11.0. The summed E-state index contributed by atoms with van der Waals surface area (Å²) in [5.41, 5.74) is -4.19. The maximum Gasteiger partial charge on any atom is 0.573 e. The van der Waals surface area contributed by atoms with E-state index in [1.54, 1.807) is 30.3 Å². The van der Waals surface area contributed by atoms with Gasteiger partial charge in [0.2, 0.25) is 11.4 Å². The molecule has 2 aromatic carbocycles. The number of carbonyl (C=O) groups is 2. The molecule has 186 valence electrons. The summed E-state index contributed by atoms with van der Waals surface area (Å²) in [6.07, 6.45) is -3.72. The van der Waals surface area contributed by atoms with Crippen molar-refractivity contribution in [3.63, 3.8) is 0 Å². The molecule has 0 spiro atoms. The molecule has 0 amide bonds. The molecular weight excluding hydrogens is 503 g/mol. The Bertz CT molecular complexity index is 1350. The van der Waals surface area contributed by atoms with Gasteiger partial charge in [0.15, 0.2) is 5.60 Å². The Morgan fingerprint density at radius 3 is 2.42 bits per heavy atom. The fourth-order valence-corrected chi connectivity index (χ4v) is 5.31. The number of alkyl halides is 3. The van der Waals surface area contributed by atoms with Crippen LogP contribution in [0.3, 0.4) is 0 Å². The zero-order valence-corrected chi connectivity index (χ0v) is 19.2. The summed E-state index contributed by atoms with van der Waals surface area (Å²) in [7, 11) is 1.12. The Morgan fingerprint density at radius 1 is 1.14 bits per heavy atom. The summed E-state index contributed by atoms with van der Waals surface area (Å²) in [5, 5.41) is 12.1. The van der Waals surface area contributed by atoms with Crippen LogP contribution in [0.2, 0.25) is 5.02 Å². The summed E-state index contributed by atoms with van der Waals surface area (Å²) in [4.78, 5) is 31.4. The Balaban J connectivity index is 1.80. The number of ketones is 1. The second-order valence-electron chi connectivity index (χ2n) is 8.39. The molecule has 1 saturated carbocycles.